The SMILES string of the molecule is CCCCN(CCC(N)=NO)C(C)C. The maximum absolute atomic E-state index is 8.41. The van der Waals surface area contributed by atoms with Crippen LogP contribution in [-0.2, 0) is 0 Å². The van der Waals surface area contributed by atoms with Gasteiger partial charge in [-0.1, -0.05) is 18.5 Å². The van der Waals surface area contributed by atoms with E-state index in [9.17, 15) is 0 Å². The molecule has 0 saturated heterocycles. The summed E-state index contributed by atoms with van der Waals surface area (Å²) in [5.41, 5.74) is 5.42. The normalized spacial score (nSPS) is 12.8. The molecule has 84 valence electrons. The van der Waals surface area contributed by atoms with Gasteiger partial charge in [-0.2, -0.15) is 0 Å². The van der Waals surface area contributed by atoms with E-state index in [2.05, 4.69) is 30.8 Å². The number of unbranched alkanes of at least 4 members (excludes halogenated alkanes) is 1. The standard InChI is InChI=1S/C10H23N3O/c1-4-5-7-13(9(2)3)8-6-10(11)12-14/h9,14H,4-8H2,1-3H3,(H2,11,12). The van der Waals surface area contributed by atoms with Crippen molar-refractivity contribution in [1.29, 1.82) is 0 Å². The number of hydrogen-bond donors (Lipinski definition) is 2. The van der Waals surface area contributed by atoms with E-state index in [1.165, 1.54) is 12.8 Å². The molecule has 0 fully saturated rings. The molecule has 0 amide bonds. The molecule has 0 unspecified atom stereocenters. The summed E-state index contributed by atoms with van der Waals surface area (Å²) in [6.45, 7) is 8.48. The molecule has 0 aliphatic rings. The Bertz CT molecular complexity index is 169. The Labute approximate surface area is 86.8 Å². The van der Waals surface area contributed by atoms with E-state index in [4.69, 9.17) is 10.9 Å². The van der Waals surface area contributed by atoms with E-state index < -0.39 is 0 Å². The topological polar surface area (TPSA) is 61.8 Å². The number of amidine groups is 1. The highest BCUT2D eigenvalue weighted by atomic mass is 16.4. The molecule has 0 atom stereocenters. The van der Waals surface area contributed by atoms with Crippen molar-refractivity contribution in [3.05, 3.63) is 0 Å². The molecular weight excluding hydrogens is 178 g/mol. The van der Waals surface area contributed by atoms with Crippen molar-refractivity contribution < 1.29 is 5.21 Å². The third-order valence-corrected chi connectivity index (χ3v) is 2.31. The Morgan fingerprint density at radius 2 is 2.07 bits per heavy atom. The van der Waals surface area contributed by atoms with Crippen LogP contribution < -0.4 is 5.73 Å². The van der Waals surface area contributed by atoms with Crippen LogP contribution in [0.3, 0.4) is 0 Å². The summed E-state index contributed by atoms with van der Waals surface area (Å²) in [6, 6.07) is 0.521. The summed E-state index contributed by atoms with van der Waals surface area (Å²) in [6.07, 6.45) is 3.04. The summed E-state index contributed by atoms with van der Waals surface area (Å²) < 4.78 is 0. The van der Waals surface area contributed by atoms with Crippen molar-refractivity contribution in [3.8, 4) is 0 Å². The molecule has 0 radical (unpaired) electrons. The first kappa shape index (κ1) is 13.2. The highest BCUT2D eigenvalue weighted by Crippen LogP contribution is 2.02. The van der Waals surface area contributed by atoms with Crippen LogP contribution >= 0.6 is 0 Å². The lowest BCUT2D eigenvalue weighted by molar-refractivity contribution is 0.223. The van der Waals surface area contributed by atoms with Gasteiger partial charge in [-0.05, 0) is 26.8 Å². The van der Waals surface area contributed by atoms with Crippen LogP contribution in [0.15, 0.2) is 5.16 Å². The summed E-state index contributed by atoms with van der Waals surface area (Å²) in [5, 5.41) is 11.4. The Morgan fingerprint density at radius 3 is 2.50 bits per heavy atom. The molecule has 0 aliphatic carbocycles. The summed E-state index contributed by atoms with van der Waals surface area (Å²) >= 11 is 0. The van der Waals surface area contributed by atoms with E-state index in [0.717, 1.165) is 13.1 Å². The summed E-state index contributed by atoms with van der Waals surface area (Å²) in [7, 11) is 0. The number of rotatable bonds is 7. The van der Waals surface area contributed by atoms with Gasteiger partial charge in [0, 0.05) is 19.0 Å². The highest BCUT2D eigenvalue weighted by molar-refractivity contribution is 5.79. The van der Waals surface area contributed by atoms with Crippen LogP contribution in [0.5, 0.6) is 0 Å². The summed E-state index contributed by atoms with van der Waals surface area (Å²) in [5.74, 6) is 0.312. The van der Waals surface area contributed by atoms with Crippen molar-refractivity contribution in [3.63, 3.8) is 0 Å². The van der Waals surface area contributed by atoms with Crippen LogP contribution in [0, 0.1) is 0 Å². The van der Waals surface area contributed by atoms with Crippen molar-refractivity contribution >= 4 is 5.84 Å². The first-order chi connectivity index (χ1) is 6.61. The molecule has 0 aromatic rings. The quantitative estimate of drug-likeness (QED) is 0.285. The van der Waals surface area contributed by atoms with Crippen LogP contribution in [0.1, 0.15) is 40.0 Å². The van der Waals surface area contributed by atoms with Gasteiger partial charge in [0.1, 0.15) is 5.84 Å². The molecule has 0 aromatic carbocycles. The second-order valence-electron chi connectivity index (χ2n) is 3.82. The summed E-state index contributed by atoms with van der Waals surface area (Å²) in [4.78, 5) is 2.35. The number of hydrogen-bond acceptors (Lipinski definition) is 3. The molecule has 14 heavy (non-hydrogen) atoms. The zero-order valence-electron chi connectivity index (χ0n) is 9.53. The van der Waals surface area contributed by atoms with Gasteiger partial charge < -0.3 is 15.8 Å². The number of oxime groups is 1. The second-order valence-corrected chi connectivity index (χ2v) is 3.82. The Hall–Kier alpha value is -0.770. The molecule has 0 bridgehead atoms. The maximum Gasteiger partial charge on any atom is 0.140 e. The van der Waals surface area contributed by atoms with Crippen LogP contribution in [0.2, 0.25) is 0 Å². The molecule has 0 heterocycles. The zero-order valence-corrected chi connectivity index (χ0v) is 9.53. The fourth-order valence-corrected chi connectivity index (χ4v) is 1.30. The Morgan fingerprint density at radius 1 is 1.43 bits per heavy atom. The number of nitrogens with zero attached hydrogens (tertiary/aromatic N) is 2. The van der Waals surface area contributed by atoms with Gasteiger partial charge in [0.15, 0.2) is 0 Å². The average molecular weight is 201 g/mol. The van der Waals surface area contributed by atoms with Crippen LogP contribution in [0.4, 0.5) is 0 Å². The minimum atomic E-state index is 0.312. The van der Waals surface area contributed by atoms with Gasteiger partial charge in [0.05, 0.1) is 0 Å². The molecule has 0 saturated carbocycles. The first-order valence-corrected chi connectivity index (χ1v) is 5.32. The Balaban J connectivity index is 3.84. The molecule has 0 aliphatic heterocycles. The highest BCUT2D eigenvalue weighted by Gasteiger charge is 2.08. The van der Waals surface area contributed by atoms with Crippen molar-refractivity contribution in [2.75, 3.05) is 13.1 Å². The lowest BCUT2D eigenvalue weighted by Gasteiger charge is -2.25. The molecular formula is C10H23N3O. The van der Waals surface area contributed by atoms with Crippen molar-refractivity contribution in [2.24, 2.45) is 10.9 Å². The predicted molar refractivity (Wildman–Crippen MR) is 59.6 cm³/mol. The fourth-order valence-electron chi connectivity index (χ4n) is 1.30. The van der Waals surface area contributed by atoms with Gasteiger partial charge in [-0.3, -0.25) is 0 Å². The minimum absolute atomic E-state index is 0.312. The third kappa shape index (κ3) is 5.80. The largest absolute Gasteiger partial charge is 0.409 e. The zero-order chi connectivity index (χ0) is 11.0. The third-order valence-electron chi connectivity index (χ3n) is 2.31. The van der Waals surface area contributed by atoms with Gasteiger partial charge in [-0.25, -0.2) is 0 Å². The van der Waals surface area contributed by atoms with Crippen LogP contribution in [-0.4, -0.2) is 35.1 Å². The van der Waals surface area contributed by atoms with E-state index >= 15 is 0 Å². The van der Waals surface area contributed by atoms with Gasteiger partial charge in [0.2, 0.25) is 0 Å². The lowest BCUT2D eigenvalue weighted by atomic mass is 10.2. The molecule has 0 rings (SSSR count). The van der Waals surface area contributed by atoms with Crippen molar-refractivity contribution in [2.45, 2.75) is 46.1 Å². The van der Waals surface area contributed by atoms with E-state index in [0.29, 0.717) is 18.3 Å². The van der Waals surface area contributed by atoms with Gasteiger partial charge in [-0.15, -0.1) is 0 Å². The maximum atomic E-state index is 8.41. The molecule has 0 aromatic heterocycles. The fraction of sp³-hybridized carbons (Fsp3) is 0.900. The van der Waals surface area contributed by atoms with Gasteiger partial charge >= 0.3 is 0 Å². The molecule has 0 spiro atoms. The molecule has 4 nitrogen and oxygen atoms in total. The predicted octanol–water partition coefficient (Wildman–Crippen LogP) is 1.63. The minimum Gasteiger partial charge on any atom is -0.409 e. The first-order valence-electron chi connectivity index (χ1n) is 5.32. The Kier molecular flexibility index (Phi) is 7.20. The van der Waals surface area contributed by atoms with E-state index in [-0.39, 0.29) is 0 Å². The van der Waals surface area contributed by atoms with Gasteiger partial charge in [0.25, 0.3) is 0 Å². The van der Waals surface area contributed by atoms with E-state index in [1.807, 2.05) is 0 Å². The lowest BCUT2D eigenvalue weighted by Crippen LogP contribution is -2.34. The average Bonchev–Trinajstić information content (AvgIpc) is 2.16. The van der Waals surface area contributed by atoms with E-state index in [1.54, 1.807) is 0 Å². The smallest absolute Gasteiger partial charge is 0.140 e. The molecule has 4 heteroatoms. The van der Waals surface area contributed by atoms with Crippen molar-refractivity contribution in [1.82, 2.24) is 4.90 Å². The molecule has 3 N–H and O–H groups in total. The van der Waals surface area contributed by atoms with Crippen LogP contribution in [0.25, 0.3) is 0 Å². The number of nitrogens with two attached hydrogens (primary N) is 1. The monoisotopic (exact) mass is 201 g/mol. The second kappa shape index (κ2) is 7.62.